The summed E-state index contributed by atoms with van der Waals surface area (Å²) in [6.45, 7) is 4.60. The minimum absolute atomic E-state index is 0.299. The van der Waals surface area contributed by atoms with Crippen LogP contribution < -0.4 is 21.1 Å². The van der Waals surface area contributed by atoms with Gasteiger partial charge in [-0.1, -0.05) is 18.2 Å². The van der Waals surface area contributed by atoms with Gasteiger partial charge in [-0.05, 0) is 67.5 Å². The number of nitrogens with two attached hydrogens (primary N) is 1. The smallest absolute Gasteiger partial charge is 0.141 e. The Morgan fingerprint density at radius 3 is 2.36 bits per heavy atom. The van der Waals surface area contributed by atoms with Gasteiger partial charge in [-0.2, -0.15) is 0 Å². The van der Waals surface area contributed by atoms with Gasteiger partial charge in [-0.25, -0.2) is 9.97 Å². The lowest BCUT2D eigenvalue weighted by molar-refractivity contribution is -0.0424. The highest BCUT2D eigenvalue weighted by Crippen LogP contribution is 2.47. The van der Waals surface area contributed by atoms with Crippen LogP contribution in [0, 0.1) is 10.8 Å². The van der Waals surface area contributed by atoms with Crippen LogP contribution in [0.2, 0.25) is 0 Å². The number of nitrogens with zero attached hydrogens (tertiary/aromatic N) is 3. The highest BCUT2D eigenvalue weighted by atomic mass is 16.5. The number of piperidine rings is 1. The molecule has 3 aromatic rings. The summed E-state index contributed by atoms with van der Waals surface area (Å²) in [6, 6.07) is 18.2. The number of rotatable bonds is 7. The number of para-hydroxylation sites is 1. The highest BCUT2D eigenvalue weighted by molar-refractivity contribution is 6.16. The molecular weight excluding hydrogens is 450 g/mol. The van der Waals surface area contributed by atoms with Crippen LogP contribution in [0.3, 0.4) is 0 Å². The van der Waals surface area contributed by atoms with E-state index in [1.165, 1.54) is 32.3 Å². The van der Waals surface area contributed by atoms with Crippen LogP contribution in [0.4, 0.5) is 11.6 Å². The lowest BCUT2D eigenvalue weighted by Crippen LogP contribution is -2.65. The van der Waals surface area contributed by atoms with Gasteiger partial charge in [0.1, 0.15) is 29.5 Å². The maximum atomic E-state index is 8.89. The molecule has 3 fully saturated rings. The second-order valence-corrected chi connectivity index (χ2v) is 10.4. The molecule has 2 aliphatic heterocycles. The Labute approximate surface area is 211 Å². The summed E-state index contributed by atoms with van der Waals surface area (Å²) in [4.78, 5) is 11.3. The van der Waals surface area contributed by atoms with E-state index < -0.39 is 0 Å². The molecule has 1 aliphatic carbocycles. The first-order valence-electron chi connectivity index (χ1n) is 12.8. The Balaban J connectivity index is 1.10. The normalized spacial score (nSPS) is 19.9. The van der Waals surface area contributed by atoms with Crippen molar-refractivity contribution >= 4 is 17.3 Å². The summed E-state index contributed by atoms with van der Waals surface area (Å²) in [7, 11) is 0. The van der Waals surface area contributed by atoms with Gasteiger partial charge in [0.25, 0.3) is 0 Å². The van der Waals surface area contributed by atoms with Crippen molar-refractivity contribution in [1.82, 2.24) is 20.2 Å². The Bertz CT molecular complexity index is 1210. The van der Waals surface area contributed by atoms with Crippen molar-refractivity contribution in [3.05, 3.63) is 72.1 Å². The van der Waals surface area contributed by atoms with Gasteiger partial charge in [-0.15, -0.1) is 0 Å². The number of hydrogen-bond acceptors (Lipinski definition) is 8. The van der Waals surface area contributed by atoms with E-state index >= 15 is 0 Å². The molecule has 0 radical (unpaired) electrons. The summed E-state index contributed by atoms with van der Waals surface area (Å²) in [5.41, 5.74) is 8.45. The van der Waals surface area contributed by atoms with E-state index in [9.17, 15) is 0 Å². The first-order valence-corrected chi connectivity index (χ1v) is 12.8. The first-order chi connectivity index (χ1) is 17.6. The van der Waals surface area contributed by atoms with E-state index in [-0.39, 0.29) is 0 Å². The fourth-order valence-corrected chi connectivity index (χ4v) is 5.78. The Kier molecular flexibility index (Phi) is 6.07. The summed E-state index contributed by atoms with van der Waals surface area (Å²) in [5.74, 6) is 2.44. The van der Waals surface area contributed by atoms with Crippen molar-refractivity contribution in [3.8, 4) is 11.5 Å². The van der Waals surface area contributed by atoms with Crippen LogP contribution in [0.25, 0.3) is 0 Å². The van der Waals surface area contributed by atoms with Gasteiger partial charge in [0.05, 0.1) is 11.3 Å². The molecule has 1 aromatic heterocycles. The molecule has 0 amide bonds. The van der Waals surface area contributed by atoms with Crippen LogP contribution in [0.15, 0.2) is 60.9 Å². The summed E-state index contributed by atoms with van der Waals surface area (Å²) < 4.78 is 5.89. The number of aromatic nitrogens is 2. The molecule has 6 rings (SSSR count). The van der Waals surface area contributed by atoms with E-state index in [2.05, 4.69) is 25.5 Å². The molecule has 186 valence electrons. The average Bonchev–Trinajstić information content (AvgIpc) is 2.84. The Morgan fingerprint density at radius 2 is 1.69 bits per heavy atom. The van der Waals surface area contributed by atoms with Gasteiger partial charge in [-0.3, -0.25) is 5.41 Å². The molecule has 2 saturated heterocycles. The molecule has 3 aliphatic rings. The highest BCUT2D eigenvalue weighted by Gasteiger charge is 2.50. The fraction of sp³-hybridized carbons (Fsp3) is 0.393. The van der Waals surface area contributed by atoms with Crippen molar-refractivity contribution in [2.75, 3.05) is 37.2 Å². The number of benzene rings is 2. The van der Waals surface area contributed by atoms with Crippen molar-refractivity contribution < 1.29 is 4.74 Å². The van der Waals surface area contributed by atoms with Gasteiger partial charge < -0.3 is 26.0 Å². The van der Waals surface area contributed by atoms with E-state index in [1.54, 1.807) is 0 Å². The number of anilines is 2. The molecule has 5 N–H and O–H groups in total. The predicted octanol–water partition coefficient (Wildman–Crippen LogP) is 3.90. The first kappa shape index (κ1) is 22.9. The van der Waals surface area contributed by atoms with Crippen LogP contribution in [0.5, 0.6) is 11.5 Å². The van der Waals surface area contributed by atoms with Gasteiger partial charge >= 0.3 is 0 Å². The van der Waals surface area contributed by atoms with Crippen LogP contribution >= 0.6 is 0 Å². The lowest BCUT2D eigenvalue weighted by atomic mass is 9.61. The number of nitrogens with one attached hydrogen (secondary N) is 3. The van der Waals surface area contributed by atoms with Gasteiger partial charge in [0, 0.05) is 43.8 Å². The molecular formula is C28H33N7O. The van der Waals surface area contributed by atoms with Crippen LogP contribution in [-0.4, -0.2) is 58.8 Å². The van der Waals surface area contributed by atoms with Crippen molar-refractivity contribution in [3.63, 3.8) is 0 Å². The maximum absolute atomic E-state index is 8.89. The molecule has 1 spiro atoms. The van der Waals surface area contributed by atoms with Crippen molar-refractivity contribution in [2.45, 2.75) is 37.8 Å². The largest absolute Gasteiger partial charge is 0.457 e. The second kappa shape index (κ2) is 9.52. The number of likely N-dealkylation sites (tertiary alicyclic amines) is 1. The summed E-state index contributed by atoms with van der Waals surface area (Å²) in [5, 5.41) is 15.9. The summed E-state index contributed by atoms with van der Waals surface area (Å²) in [6.07, 6.45) is 6.28. The molecule has 8 nitrogen and oxygen atoms in total. The van der Waals surface area contributed by atoms with Crippen LogP contribution in [-0.2, 0) is 0 Å². The molecule has 0 unspecified atom stereocenters. The predicted molar refractivity (Wildman–Crippen MR) is 142 cm³/mol. The van der Waals surface area contributed by atoms with E-state index in [1.807, 2.05) is 54.6 Å². The average molecular weight is 484 g/mol. The quantitative estimate of drug-likeness (QED) is 0.377. The molecule has 8 heteroatoms. The maximum Gasteiger partial charge on any atom is 0.141 e. The molecule has 2 aromatic carbocycles. The summed E-state index contributed by atoms with van der Waals surface area (Å²) >= 11 is 0. The van der Waals surface area contributed by atoms with Gasteiger partial charge in [0.15, 0.2) is 0 Å². The Hall–Kier alpha value is -3.49. The minimum atomic E-state index is 0.299. The number of nitrogen functional groups attached to an aromatic ring is 1. The monoisotopic (exact) mass is 483 g/mol. The minimum Gasteiger partial charge on any atom is -0.457 e. The fourth-order valence-electron chi connectivity index (χ4n) is 5.78. The van der Waals surface area contributed by atoms with Crippen molar-refractivity contribution in [1.29, 1.82) is 5.41 Å². The second-order valence-electron chi connectivity index (χ2n) is 10.4. The Morgan fingerprint density at radius 1 is 1.00 bits per heavy atom. The van der Waals surface area contributed by atoms with Gasteiger partial charge in [0.2, 0.25) is 0 Å². The van der Waals surface area contributed by atoms with E-state index in [4.69, 9.17) is 15.9 Å². The molecule has 36 heavy (non-hydrogen) atoms. The zero-order valence-corrected chi connectivity index (χ0v) is 20.4. The SMILES string of the molecule is N=C(c1ccc(Oc2ccccc2)cc1)c1c(N)ncnc1NC1CCN(C2CC3(CNC3)C2)CC1. The zero-order valence-electron chi connectivity index (χ0n) is 20.4. The topological polar surface area (TPSA) is 112 Å². The van der Waals surface area contributed by atoms with Crippen LogP contribution in [0.1, 0.15) is 36.8 Å². The third-order valence-electron chi connectivity index (χ3n) is 7.97. The number of hydrogen-bond donors (Lipinski definition) is 4. The van der Waals surface area contributed by atoms with E-state index in [0.717, 1.165) is 43.3 Å². The standard InChI is InChI=1S/C28H33N7O/c29-25(19-6-8-23(9-7-19)36-22-4-2-1-3-5-22)24-26(30)32-18-33-27(24)34-20-10-12-35(13-11-20)21-14-28(15-21)16-31-17-28/h1-9,18,20-21,29,31H,10-17H2,(H3,30,32,33,34). The van der Waals surface area contributed by atoms with E-state index in [0.29, 0.717) is 40.1 Å². The molecule has 0 bridgehead atoms. The molecule has 1 saturated carbocycles. The molecule has 3 heterocycles. The third-order valence-corrected chi connectivity index (χ3v) is 7.97. The zero-order chi connectivity index (χ0) is 24.5. The third kappa shape index (κ3) is 4.54. The molecule has 0 atom stereocenters. The van der Waals surface area contributed by atoms with Crippen molar-refractivity contribution in [2.24, 2.45) is 5.41 Å². The number of ether oxygens (including phenoxy) is 1. The lowest BCUT2D eigenvalue weighted by Gasteiger charge is -2.58.